The van der Waals surface area contributed by atoms with Crippen LogP contribution in [0.1, 0.15) is 9.19 Å². The monoisotopic (exact) mass is 374 g/mol. The Kier molecular flexibility index (Phi) is 3.86. The van der Waals surface area contributed by atoms with Gasteiger partial charge in [0.1, 0.15) is 0 Å². The molecule has 0 aromatic heterocycles. The van der Waals surface area contributed by atoms with Gasteiger partial charge in [0.2, 0.25) is 0 Å². The second-order valence-electron chi connectivity index (χ2n) is 3.12. The van der Waals surface area contributed by atoms with Crippen LogP contribution in [-0.4, -0.2) is 32.8 Å². The van der Waals surface area contributed by atoms with E-state index in [9.17, 15) is 4.79 Å². The fourth-order valence-electron chi connectivity index (χ4n) is 1.30. The molecule has 0 saturated heterocycles. The van der Waals surface area contributed by atoms with Crippen LogP contribution in [-0.2, 0) is 4.79 Å². The summed E-state index contributed by atoms with van der Waals surface area (Å²) >= 11 is -1.77. The van der Waals surface area contributed by atoms with Crippen molar-refractivity contribution >= 4 is 27.7 Å². The Balaban J connectivity index is 2.96. The molecule has 1 aromatic carbocycles. The molecule has 0 aliphatic heterocycles. The maximum absolute atomic E-state index is 11.0. The summed E-state index contributed by atoms with van der Waals surface area (Å²) in [5, 5.41) is 9.05. The number of carboxylic acid groups (broad SMARTS) is 1. The maximum atomic E-state index is 11.0. The standard InChI is InChI=1S/C8H7O2.2CH3.Bi/c9-8(10)6-7-4-2-1-3-5-7;;;/h1-6H,(H,9,10);2*1H3;. The third-order valence-corrected chi connectivity index (χ3v) is 7.90. The van der Waals surface area contributed by atoms with Crippen LogP contribution in [0.4, 0.5) is 0 Å². The first-order chi connectivity index (χ1) is 6.13. The zero-order valence-electron chi connectivity index (χ0n) is 7.77. The van der Waals surface area contributed by atoms with Crippen LogP contribution in [0.2, 0.25) is 9.26 Å². The normalized spacial score (nSPS) is 12.8. The van der Waals surface area contributed by atoms with E-state index in [4.69, 9.17) is 5.11 Å². The van der Waals surface area contributed by atoms with Crippen molar-refractivity contribution in [3.05, 3.63) is 35.9 Å². The molecule has 3 heteroatoms. The number of benzene rings is 1. The molecule has 1 N–H and O–H groups in total. The van der Waals surface area contributed by atoms with E-state index in [1.165, 1.54) is 0 Å². The minimum atomic E-state index is -1.77. The SMILES string of the molecule is [CH3][Bi]([CH3])[CH](C(=O)O)c1ccccc1. The molecule has 0 spiro atoms. The number of rotatable bonds is 3. The summed E-state index contributed by atoms with van der Waals surface area (Å²) in [4.78, 5) is 11.0. The van der Waals surface area contributed by atoms with Crippen LogP contribution >= 0.6 is 0 Å². The van der Waals surface area contributed by atoms with E-state index in [-0.39, 0.29) is 3.63 Å². The topological polar surface area (TPSA) is 37.3 Å². The Bertz CT molecular complexity index is 282. The predicted molar refractivity (Wildman–Crippen MR) is 54.3 cm³/mol. The van der Waals surface area contributed by atoms with Gasteiger partial charge in [-0.1, -0.05) is 0 Å². The van der Waals surface area contributed by atoms with Gasteiger partial charge in [-0.3, -0.25) is 0 Å². The van der Waals surface area contributed by atoms with Crippen LogP contribution < -0.4 is 0 Å². The molecule has 0 saturated carbocycles. The van der Waals surface area contributed by atoms with Crippen molar-refractivity contribution in [2.75, 3.05) is 0 Å². The minimum absolute atomic E-state index is 0.184. The van der Waals surface area contributed by atoms with Gasteiger partial charge in [0.15, 0.2) is 0 Å². The predicted octanol–water partition coefficient (Wildman–Crippen LogP) is 2.15. The second-order valence-corrected chi connectivity index (χ2v) is 12.6. The number of carbonyl (C=O) groups is 1. The van der Waals surface area contributed by atoms with Crippen LogP contribution in [0.3, 0.4) is 0 Å². The third-order valence-electron chi connectivity index (χ3n) is 1.87. The van der Waals surface area contributed by atoms with Gasteiger partial charge in [0.25, 0.3) is 0 Å². The molecule has 1 aromatic rings. The first-order valence-corrected chi connectivity index (χ1v) is 13.0. The fraction of sp³-hybridized carbons (Fsp3) is 0.300. The molecule has 0 amide bonds. The number of aliphatic carboxylic acids is 1. The molecule has 0 aliphatic rings. The summed E-state index contributed by atoms with van der Waals surface area (Å²) < 4.78 is 4.07. The van der Waals surface area contributed by atoms with Crippen molar-refractivity contribution in [1.82, 2.24) is 0 Å². The molecular formula is C10H13BiO2. The van der Waals surface area contributed by atoms with Gasteiger partial charge in [0.05, 0.1) is 0 Å². The molecule has 1 unspecified atom stereocenters. The summed E-state index contributed by atoms with van der Waals surface area (Å²) in [6, 6.07) is 9.54. The quantitative estimate of drug-likeness (QED) is 0.824. The van der Waals surface area contributed by atoms with Crippen molar-refractivity contribution in [2.24, 2.45) is 0 Å². The number of carboxylic acids is 1. The number of hydrogen-bond donors (Lipinski definition) is 1. The summed E-state index contributed by atoms with van der Waals surface area (Å²) in [5.74, 6) is -0.658. The Morgan fingerprint density at radius 2 is 1.85 bits per heavy atom. The van der Waals surface area contributed by atoms with Crippen molar-refractivity contribution in [2.45, 2.75) is 12.9 Å². The molecule has 0 aliphatic carbocycles. The van der Waals surface area contributed by atoms with Crippen LogP contribution in [0.25, 0.3) is 0 Å². The van der Waals surface area contributed by atoms with Crippen molar-refractivity contribution in [1.29, 1.82) is 0 Å². The second kappa shape index (κ2) is 4.71. The molecular weight excluding hydrogens is 361 g/mol. The molecule has 0 radical (unpaired) electrons. The molecule has 1 rings (SSSR count). The van der Waals surface area contributed by atoms with Crippen LogP contribution in [0.15, 0.2) is 30.3 Å². The molecule has 0 heterocycles. The first kappa shape index (κ1) is 10.7. The van der Waals surface area contributed by atoms with E-state index >= 15 is 0 Å². The molecule has 13 heavy (non-hydrogen) atoms. The van der Waals surface area contributed by atoms with Crippen molar-refractivity contribution in [3.63, 3.8) is 0 Å². The molecule has 1 atom stereocenters. The van der Waals surface area contributed by atoms with Gasteiger partial charge in [-0.25, -0.2) is 0 Å². The summed E-state index contributed by atoms with van der Waals surface area (Å²) in [6.07, 6.45) is 0. The Morgan fingerprint density at radius 3 is 2.23 bits per heavy atom. The van der Waals surface area contributed by atoms with Crippen LogP contribution in [0, 0.1) is 0 Å². The zero-order valence-corrected chi connectivity index (χ0v) is 11.2. The summed E-state index contributed by atoms with van der Waals surface area (Å²) in [6.45, 7) is 0. The average molecular weight is 374 g/mol. The van der Waals surface area contributed by atoms with E-state index in [0.29, 0.717) is 0 Å². The molecule has 0 fully saturated rings. The Morgan fingerprint density at radius 1 is 1.31 bits per heavy atom. The Hall–Kier alpha value is -0.427. The van der Waals surface area contributed by atoms with E-state index in [0.717, 1.165) is 5.56 Å². The van der Waals surface area contributed by atoms with Gasteiger partial charge in [-0.05, 0) is 0 Å². The van der Waals surface area contributed by atoms with Gasteiger partial charge < -0.3 is 0 Å². The Labute approximate surface area is 86.3 Å². The van der Waals surface area contributed by atoms with E-state index in [1.54, 1.807) is 0 Å². The molecule has 70 valence electrons. The van der Waals surface area contributed by atoms with E-state index in [2.05, 4.69) is 9.26 Å². The van der Waals surface area contributed by atoms with E-state index < -0.39 is 27.7 Å². The summed E-state index contributed by atoms with van der Waals surface area (Å²) in [7, 11) is 0. The fourth-order valence-corrected chi connectivity index (χ4v) is 6.00. The van der Waals surface area contributed by atoms with E-state index in [1.807, 2.05) is 30.3 Å². The van der Waals surface area contributed by atoms with Gasteiger partial charge >= 0.3 is 86.4 Å². The first-order valence-electron chi connectivity index (χ1n) is 4.07. The van der Waals surface area contributed by atoms with Crippen molar-refractivity contribution in [3.8, 4) is 0 Å². The van der Waals surface area contributed by atoms with Gasteiger partial charge in [-0.15, -0.1) is 0 Å². The summed E-state index contributed by atoms with van der Waals surface area (Å²) in [5.41, 5.74) is 0.970. The molecule has 2 nitrogen and oxygen atoms in total. The van der Waals surface area contributed by atoms with Crippen LogP contribution in [0.5, 0.6) is 0 Å². The molecule has 0 bridgehead atoms. The van der Waals surface area contributed by atoms with Gasteiger partial charge in [-0.2, -0.15) is 0 Å². The van der Waals surface area contributed by atoms with Crippen molar-refractivity contribution < 1.29 is 9.90 Å². The van der Waals surface area contributed by atoms with Gasteiger partial charge in [0, 0.05) is 0 Å². The number of hydrogen-bond acceptors (Lipinski definition) is 1. The average Bonchev–Trinajstić information content (AvgIpc) is 2.04. The third kappa shape index (κ3) is 2.77. The zero-order chi connectivity index (χ0) is 9.84.